The number of methoxy groups -OCH3 is 1. The van der Waals surface area contributed by atoms with Gasteiger partial charge < -0.3 is 4.74 Å². The Labute approximate surface area is 110 Å². The summed E-state index contributed by atoms with van der Waals surface area (Å²) in [6, 6.07) is 0. The molecule has 1 aliphatic rings. The first-order chi connectivity index (χ1) is 9.15. The lowest BCUT2D eigenvalue weighted by atomic mass is 10.1. The highest BCUT2D eigenvalue weighted by Gasteiger charge is 2.37. The molecule has 19 heavy (non-hydrogen) atoms. The van der Waals surface area contributed by atoms with Gasteiger partial charge in [0.2, 0.25) is 5.91 Å². The van der Waals surface area contributed by atoms with E-state index in [2.05, 4.69) is 27.1 Å². The first-order valence-corrected chi connectivity index (χ1v) is 6.31. The summed E-state index contributed by atoms with van der Waals surface area (Å²) in [4.78, 5) is 26.1. The van der Waals surface area contributed by atoms with Crippen molar-refractivity contribution in [1.29, 1.82) is 0 Å². The summed E-state index contributed by atoms with van der Waals surface area (Å²) in [5.41, 5.74) is 0. The van der Waals surface area contributed by atoms with Gasteiger partial charge in [-0.25, -0.2) is 0 Å². The van der Waals surface area contributed by atoms with Gasteiger partial charge in [0.05, 0.1) is 19.6 Å². The Morgan fingerprint density at radius 1 is 1.53 bits per heavy atom. The summed E-state index contributed by atoms with van der Waals surface area (Å²) in [6.45, 7) is 3.00. The van der Waals surface area contributed by atoms with Crippen LogP contribution in [0, 0.1) is 5.92 Å². The van der Waals surface area contributed by atoms with Gasteiger partial charge in [-0.15, -0.1) is 5.10 Å². The predicted octanol–water partition coefficient (Wildman–Crippen LogP) is -0.000900. The van der Waals surface area contributed by atoms with Crippen LogP contribution in [0.3, 0.4) is 0 Å². The molecule has 0 N–H and O–H groups in total. The Hall–Kier alpha value is -1.99. The van der Waals surface area contributed by atoms with Crippen molar-refractivity contribution in [3.8, 4) is 0 Å². The van der Waals surface area contributed by atoms with E-state index in [4.69, 9.17) is 0 Å². The lowest BCUT2D eigenvalue weighted by molar-refractivity contribution is -0.145. The van der Waals surface area contributed by atoms with Crippen LogP contribution in [0.15, 0.2) is 0 Å². The van der Waals surface area contributed by atoms with Crippen LogP contribution in [-0.2, 0) is 20.9 Å². The van der Waals surface area contributed by atoms with Crippen LogP contribution >= 0.6 is 0 Å². The highest BCUT2D eigenvalue weighted by Crippen LogP contribution is 2.22. The first kappa shape index (κ1) is 13.4. The van der Waals surface area contributed by atoms with Crippen LogP contribution in [0.4, 0.5) is 5.95 Å². The molecule has 1 aromatic heterocycles. The Morgan fingerprint density at radius 3 is 3.00 bits per heavy atom. The van der Waals surface area contributed by atoms with Crippen LogP contribution in [0.2, 0.25) is 0 Å². The van der Waals surface area contributed by atoms with E-state index >= 15 is 0 Å². The van der Waals surface area contributed by atoms with Crippen molar-refractivity contribution in [3.05, 3.63) is 0 Å². The molecule has 0 aromatic carbocycles. The van der Waals surface area contributed by atoms with Crippen molar-refractivity contribution in [2.24, 2.45) is 5.92 Å². The third-order valence-electron chi connectivity index (χ3n) is 3.05. The largest absolute Gasteiger partial charge is 0.469 e. The third-order valence-corrected chi connectivity index (χ3v) is 3.05. The van der Waals surface area contributed by atoms with Crippen molar-refractivity contribution in [3.63, 3.8) is 0 Å². The summed E-state index contributed by atoms with van der Waals surface area (Å²) in [6.07, 6.45) is 2.12. The summed E-state index contributed by atoms with van der Waals surface area (Å²) in [5.74, 6) is -0.743. The van der Waals surface area contributed by atoms with Crippen molar-refractivity contribution >= 4 is 17.8 Å². The molecular weight excluding hydrogens is 250 g/mol. The van der Waals surface area contributed by atoms with Crippen LogP contribution in [0.1, 0.15) is 26.2 Å². The quantitative estimate of drug-likeness (QED) is 0.697. The molecule has 0 spiro atoms. The molecule has 1 aromatic rings. The van der Waals surface area contributed by atoms with Gasteiger partial charge in [-0.2, -0.15) is 4.80 Å². The first-order valence-electron chi connectivity index (χ1n) is 6.31. The summed E-state index contributed by atoms with van der Waals surface area (Å²) in [5, 5.41) is 11.9. The summed E-state index contributed by atoms with van der Waals surface area (Å²) >= 11 is 0. The molecule has 1 atom stereocenters. The van der Waals surface area contributed by atoms with Crippen molar-refractivity contribution in [2.75, 3.05) is 18.6 Å². The Balaban J connectivity index is 2.03. The number of nitrogens with zero attached hydrogens (tertiary/aromatic N) is 5. The standard InChI is InChI=1S/C11H17N5O3/c1-3-4-5-16-13-11(12-14-16)15-7-8(6-9(15)17)10(18)19-2/h8H,3-7H2,1-2H3. The maximum absolute atomic E-state index is 11.8. The SMILES string of the molecule is CCCCn1nnc(N2CC(C(=O)OC)CC2=O)n1. The molecule has 0 aliphatic carbocycles. The number of carbonyl (C=O) groups excluding carboxylic acids is 2. The molecule has 1 unspecified atom stereocenters. The number of carbonyl (C=O) groups is 2. The number of rotatable bonds is 5. The number of amides is 1. The third kappa shape index (κ3) is 2.88. The van der Waals surface area contributed by atoms with Crippen molar-refractivity contribution in [2.45, 2.75) is 32.7 Å². The molecule has 2 rings (SSSR count). The van der Waals surface area contributed by atoms with E-state index in [1.807, 2.05) is 0 Å². The van der Waals surface area contributed by atoms with E-state index in [1.165, 1.54) is 16.8 Å². The highest BCUT2D eigenvalue weighted by atomic mass is 16.5. The van der Waals surface area contributed by atoms with E-state index in [9.17, 15) is 9.59 Å². The Morgan fingerprint density at radius 2 is 2.32 bits per heavy atom. The van der Waals surface area contributed by atoms with Gasteiger partial charge in [-0.1, -0.05) is 18.4 Å². The van der Waals surface area contributed by atoms with Crippen molar-refractivity contribution in [1.82, 2.24) is 20.2 Å². The second-order valence-corrected chi connectivity index (χ2v) is 4.47. The number of ether oxygens (including phenoxy) is 1. The summed E-state index contributed by atoms with van der Waals surface area (Å²) in [7, 11) is 1.31. The van der Waals surface area contributed by atoms with Gasteiger partial charge >= 0.3 is 5.97 Å². The molecule has 1 fully saturated rings. The minimum Gasteiger partial charge on any atom is -0.469 e. The minimum absolute atomic E-state index is 0.135. The van der Waals surface area contributed by atoms with Crippen LogP contribution in [0.5, 0.6) is 0 Å². The predicted molar refractivity (Wildman–Crippen MR) is 65.2 cm³/mol. The number of hydrogen-bond acceptors (Lipinski definition) is 6. The number of aromatic nitrogens is 4. The molecule has 8 heteroatoms. The molecule has 0 saturated carbocycles. The van der Waals surface area contributed by atoms with Gasteiger partial charge in [0.1, 0.15) is 0 Å². The molecule has 1 amide bonds. The van der Waals surface area contributed by atoms with E-state index in [-0.39, 0.29) is 30.8 Å². The number of tetrazole rings is 1. The molecule has 1 saturated heterocycles. The second-order valence-electron chi connectivity index (χ2n) is 4.47. The smallest absolute Gasteiger partial charge is 0.311 e. The number of unbranched alkanes of at least 4 members (excludes halogenated alkanes) is 1. The van der Waals surface area contributed by atoms with Gasteiger partial charge in [0, 0.05) is 13.0 Å². The minimum atomic E-state index is -0.444. The number of anilines is 1. The van der Waals surface area contributed by atoms with E-state index in [0.717, 1.165) is 12.8 Å². The van der Waals surface area contributed by atoms with E-state index < -0.39 is 5.92 Å². The molecule has 104 valence electrons. The second kappa shape index (κ2) is 5.77. The normalized spacial score (nSPS) is 18.9. The lowest BCUT2D eigenvalue weighted by Gasteiger charge is -2.10. The number of aryl methyl sites for hydroxylation is 1. The number of hydrogen-bond donors (Lipinski definition) is 0. The molecular formula is C11H17N5O3. The fourth-order valence-electron chi connectivity index (χ4n) is 1.96. The maximum Gasteiger partial charge on any atom is 0.311 e. The van der Waals surface area contributed by atoms with Gasteiger partial charge in [0.25, 0.3) is 5.95 Å². The van der Waals surface area contributed by atoms with Crippen LogP contribution < -0.4 is 4.90 Å². The maximum atomic E-state index is 11.8. The molecule has 0 radical (unpaired) electrons. The van der Waals surface area contributed by atoms with Gasteiger partial charge in [-0.3, -0.25) is 14.5 Å². The summed E-state index contributed by atoms with van der Waals surface area (Å²) < 4.78 is 4.65. The van der Waals surface area contributed by atoms with E-state index in [1.54, 1.807) is 0 Å². The molecule has 0 bridgehead atoms. The average molecular weight is 267 g/mol. The van der Waals surface area contributed by atoms with Crippen LogP contribution in [0.25, 0.3) is 0 Å². The zero-order chi connectivity index (χ0) is 13.8. The van der Waals surface area contributed by atoms with Gasteiger partial charge in [-0.05, 0) is 11.6 Å². The van der Waals surface area contributed by atoms with E-state index in [0.29, 0.717) is 6.54 Å². The van der Waals surface area contributed by atoms with Crippen molar-refractivity contribution < 1.29 is 14.3 Å². The zero-order valence-electron chi connectivity index (χ0n) is 11.1. The van der Waals surface area contributed by atoms with Crippen LogP contribution in [-0.4, -0.2) is 45.7 Å². The molecule has 8 nitrogen and oxygen atoms in total. The monoisotopic (exact) mass is 267 g/mol. The zero-order valence-corrected chi connectivity index (χ0v) is 11.1. The molecule has 1 aliphatic heterocycles. The molecule has 2 heterocycles. The highest BCUT2D eigenvalue weighted by molar-refractivity contribution is 5.98. The van der Waals surface area contributed by atoms with Gasteiger partial charge in [0.15, 0.2) is 0 Å². The average Bonchev–Trinajstić information content (AvgIpc) is 3.01. The number of esters is 1. The fourth-order valence-corrected chi connectivity index (χ4v) is 1.96. The Kier molecular flexibility index (Phi) is 4.08. The topological polar surface area (TPSA) is 90.2 Å². The lowest BCUT2D eigenvalue weighted by Crippen LogP contribution is -2.27. The fraction of sp³-hybridized carbons (Fsp3) is 0.727. The Bertz CT molecular complexity index is 473.